The molecule has 0 unspecified atom stereocenters. The van der Waals surface area contributed by atoms with Crippen molar-refractivity contribution in [2.75, 3.05) is 11.9 Å². The van der Waals surface area contributed by atoms with Gasteiger partial charge in [0.05, 0.1) is 5.60 Å². The number of hydrogen-bond acceptors (Lipinski definition) is 4. The average Bonchev–Trinajstić information content (AvgIpc) is 2.35. The van der Waals surface area contributed by atoms with Gasteiger partial charge in [-0.05, 0) is 19.8 Å². The fourth-order valence-corrected chi connectivity index (χ4v) is 1.63. The van der Waals surface area contributed by atoms with Crippen LogP contribution in [-0.4, -0.2) is 27.2 Å². The number of nitrogens with zero attached hydrogens (tertiary/aromatic N) is 2. The Hall–Kier alpha value is -1.16. The summed E-state index contributed by atoms with van der Waals surface area (Å²) in [6.45, 7) is 8.51. The van der Waals surface area contributed by atoms with Crippen LogP contribution in [0.15, 0.2) is 6.07 Å². The van der Waals surface area contributed by atoms with E-state index in [4.69, 9.17) is 0 Å². The number of rotatable bonds is 6. The first kappa shape index (κ1) is 13.9. The predicted molar refractivity (Wildman–Crippen MR) is 70.2 cm³/mol. The SMILES string of the molecule is CCc1nc(C)cc(NCC(O)(CC)CC)n1. The number of anilines is 1. The van der Waals surface area contributed by atoms with E-state index < -0.39 is 5.60 Å². The van der Waals surface area contributed by atoms with Crippen molar-refractivity contribution < 1.29 is 5.11 Å². The minimum Gasteiger partial charge on any atom is -0.388 e. The molecule has 2 N–H and O–H groups in total. The van der Waals surface area contributed by atoms with Crippen LogP contribution in [0.1, 0.15) is 45.1 Å². The molecule has 0 atom stereocenters. The van der Waals surface area contributed by atoms with Gasteiger partial charge in [-0.2, -0.15) is 0 Å². The van der Waals surface area contributed by atoms with Crippen molar-refractivity contribution in [3.05, 3.63) is 17.6 Å². The van der Waals surface area contributed by atoms with Crippen molar-refractivity contribution in [1.82, 2.24) is 9.97 Å². The quantitative estimate of drug-likeness (QED) is 0.797. The van der Waals surface area contributed by atoms with Gasteiger partial charge in [-0.15, -0.1) is 0 Å². The molecule has 1 aromatic heterocycles. The molecule has 0 fully saturated rings. The zero-order valence-corrected chi connectivity index (χ0v) is 11.2. The van der Waals surface area contributed by atoms with Crippen molar-refractivity contribution in [3.63, 3.8) is 0 Å². The van der Waals surface area contributed by atoms with Crippen LogP contribution < -0.4 is 5.32 Å². The molecule has 0 aliphatic carbocycles. The van der Waals surface area contributed by atoms with Gasteiger partial charge in [0.15, 0.2) is 0 Å². The summed E-state index contributed by atoms with van der Waals surface area (Å²) in [4.78, 5) is 8.71. The van der Waals surface area contributed by atoms with Crippen LogP contribution in [0, 0.1) is 6.92 Å². The van der Waals surface area contributed by atoms with Gasteiger partial charge in [0.1, 0.15) is 11.6 Å². The third kappa shape index (κ3) is 3.97. The summed E-state index contributed by atoms with van der Waals surface area (Å²) >= 11 is 0. The van der Waals surface area contributed by atoms with E-state index in [-0.39, 0.29) is 0 Å². The maximum Gasteiger partial charge on any atom is 0.130 e. The van der Waals surface area contributed by atoms with Crippen LogP contribution in [0.4, 0.5) is 5.82 Å². The van der Waals surface area contributed by atoms with E-state index in [1.807, 2.05) is 33.8 Å². The molecule has 0 bridgehead atoms. The molecule has 0 radical (unpaired) electrons. The van der Waals surface area contributed by atoms with E-state index in [1.54, 1.807) is 0 Å². The van der Waals surface area contributed by atoms with Gasteiger partial charge >= 0.3 is 0 Å². The summed E-state index contributed by atoms with van der Waals surface area (Å²) in [5.41, 5.74) is 0.307. The van der Waals surface area contributed by atoms with Gasteiger partial charge in [-0.1, -0.05) is 20.8 Å². The summed E-state index contributed by atoms with van der Waals surface area (Å²) in [6, 6.07) is 1.91. The second-order valence-corrected chi connectivity index (χ2v) is 4.45. The van der Waals surface area contributed by atoms with Crippen molar-refractivity contribution >= 4 is 5.82 Å². The Morgan fingerprint density at radius 2 is 1.88 bits per heavy atom. The number of aromatic nitrogens is 2. The van der Waals surface area contributed by atoms with E-state index in [0.717, 1.165) is 36.6 Å². The monoisotopic (exact) mass is 237 g/mol. The number of nitrogens with one attached hydrogen (secondary N) is 1. The van der Waals surface area contributed by atoms with Gasteiger partial charge in [-0.3, -0.25) is 0 Å². The standard InChI is InChI=1S/C13H23N3O/c1-5-11-15-10(4)8-12(16-11)14-9-13(17,6-2)7-3/h8,17H,5-7,9H2,1-4H3,(H,14,15,16). The van der Waals surface area contributed by atoms with Crippen LogP contribution in [0.3, 0.4) is 0 Å². The molecule has 1 heterocycles. The van der Waals surface area contributed by atoms with Crippen molar-refractivity contribution in [3.8, 4) is 0 Å². The van der Waals surface area contributed by atoms with Gasteiger partial charge in [0.25, 0.3) is 0 Å². The molecule has 4 nitrogen and oxygen atoms in total. The largest absolute Gasteiger partial charge is 0.388 e. The molecule has 1 aromatic rings. The second-order valence-electron chi connectivity index (χ2n) is 4.45. The highest BCUT2D eigenvalue weighted by atomic mass is 16.3. The second kappa shape index (κ2) is 5.96. The molecule has 0 amide bonds. The lowest BCUT2D eigenvalue weighted by atomic mass is 9.98. The van der Waals surface area contributed by atoms with Gasteiger partial charge in [0.2, 0.25) is 0 Å². The zero-order valence-electron chi connectivity index (χ0n) is 11.2. The lowest BCUT2D eigenvalue weighted by Gasteiger charge is -2.25. The summed E-state index contributed by atoms with van der Waals surface area (Å²) in [7, 11) is 0. The molecule has 96 valence electrons. The Morgan fingerprint density at radius 3 is 2.41 bits per heavy atom. The highest BCUT2D eigenvalue weighted by molar-refractivity contribution is 5.36. The van der Waals surface area contributed by atoms with Gasteiger partial charge in [0, 0.05) is 24.7 Å². The van der Waals surface area contributed by atoms with Crippen LogP contribution in [0.2, 0.25) is 0 Å². The van der Waals surface area contributed by atoms with Crippen LogP contribution >= 0.6 is 0 Å². The average molecular weight is 237 g/mol. The van der Waals surface area contributed by atoms with Gasteiger partial charge < -0.3 is 10.4 Å². The van der Waals surface area contributed by atoms with E-state index >= 15 is 0 Å². The molecule has 0 saturated carbocycles. The Morgan fingerprint density at radius 1 is 1.24 bits per heavy atom. The van der Waals surface area contributed by atoms with Crippen molar-refractivity contribution in [1.29, 1.82) is 0 Å². The van der Waals surface area contributed by atoms with E-state index in [1.165, 1.54) is 0 Å². The zero-order chi connectivity index (χ0) is 12.9. The molecule has 0 spiro atoms. The highest BCUT2D eigenvalue weighted by Crippen LogP contribution is 2.16. The Labute approximate surface area is 103 Å². The lowest BCUT2D eigenvalue weighted by Crippen LogP contribution is -2.35. The maximum absolute atomic E-state index is 10.2. The summed E-state index contributed by atoms with van der Waals surface area (Å²) in [5, 5.41) is 13.4. The lowest BCUT2D eigenvalue weighted by molar-refractivity contribution is 0.0456. The number of aliphatic hydroxyl groups is 1. The summed E-state index contributed by atoms with van der Waals surface area (Å²) in [5.74, 6) is 1.64. The summed E-state index contributed by atoms with van der Waals surface area (Å²) < 4.78 is 0. The van der Waals surface area contributed by atoms with Crippen LogP contribution in [-0.2, 0) is 6.42 Å². The van der Waals surface area contributed by atoms with E-state index in [2.05, 4.69) is 15.3 Å². The molecular formula is C13H23N3O. The van der Waals surface area contributed by atoms with Crippen molar-refractivity contribution in [2.45, 2.75) is 52.6 Å². The molecule has 0 saturated heterocycles. The molecular weight excluding hydrogens is 214 g/mol. The maximum atomic E-state index is 10.2. The third-order valence-electron chi connectivity index (χ3n) is 3.13. The summed E-state index contributed by atoms with van der Waals surface area (Å²) in [6.07, 6.45) is 2.30. The first-order valence-corrected chi connectivity index (χ1v) is 6.33. The molecule has 4 heteroatoms. The molecule has 17 heavy (non-hydrogen) atoms. The van der Waals surface area contributed by atoms with Gasteiger partial charge in [-0.25, -0.2) is 9.97 Å². The number of hydrogen-bond donors (Lipinski definition) is 2. The van der Waals surface area contributed by atoms with E-state index in [9.17, 15) is 5.11 Å². The molecule has 1 rings (SSSR count). The normalized spacial score (nSPS) is 11.6. The predicted octanol–water partition coefficient (Wildman–Crippen LogP) is 2.31. The first-order valence-electron chi connectivity index (χ1n) is 6.33. The van der Waals surface area contributed by atoms with Crippen LogP contribution in [0.25, 0.3) is 0 Å². The Kier molecular flexibility index (Phi) is 4.87. The Bertz CT molecular complexity index is 362. The third-order valence-corrected chi connectivity index (χ3v) is 3.13. The first-order chi connectivity index (χ1) is 8.03. The van der Waals surface area contributed by atoms with E-state index in [0.29, 0.717) is 6.54 Å². The highest BCUT2D eigenvalue weighted by Gasteiger charge is 2.21. The van der Waals surface area contributed by atoms with Crippen molar-refractivity contribution in [2.24, 2.45) is 0 Å². The fourth-order valence-electron chi connectivity index (χ4n) is 1.63. The molecule has 0 aliphatic rings. The smallest absolute Gasteiger partial charge is 0.130 e. The fraction of sp³-hybridized carbons (Fsp3) is 0.692. The molecule has 0 aromatic carbocycles. The molecule has 0 aliphatic heterocycles. The Balaban J connectivity index is 2.72. The topological polar surface area (TPSA) is 58.0 Å². The minimum absolute atomic E-state index is 0.527. The number of aryl methyl sites for hydroxylation is 2. The van der Waals surface area contributed by atoms with Crippen LogP contribution in [0.5, 0.6) is 0 Å². The minimum atomic E-state index is -0.648.